The smallest absolute Gasteiger partial charge is 0.143 e. The lowest BCUT2D eigenvalue weighted by molar-refractivity contribution is 0.670. The van der Waals surface area contributed by atoms with Crippen LogP contribution in [0.4, 0.5) is 17.1 Å². The molecule has 0 saturated carbocycles. The molecule has 0 N–H and O–H groups in total. The first-order valence-electron chi connectivity index (χ1n) is 23.6. The van der Waals surface area contributed by atoms with Crippen molar-refractivity contribution in [1.29, 1.82) is 0 Å². The highest BCUT2D eigenvalue weighted by Gasteiger charge is 2.21. The number of hydrogen-bond acceptors (Lipinski definition) is 2. The van der Waals surface area contributed by atoms with E-state index in [1.54, 1.807) is 0 Å². The van der Waals surface area contributed by atoms with E-state index in [1.807, 2.05) is 12.1 Å². The molecule has 0 bridgehead atoms. The van der Waals surface area contributed by atoms with Gasteiger partial charge in [0, 0.05) is 49.6 Å². The van der Waals surface area contributed by atoms with Crippen molar-refractivity contribution in [1.82, 2.24) is 4.57 Å². The topological polar surface area (TPSA) is 21.3 Å². The Hall–Kier alpha value is -9.18. The van der Waals surface area contributed by atoms with Crippen LogP contribution in [0.5, 0.6) is 0 Å². The number of hydrogen-bond donors (Lipinski definition) is 0. The van der Waals surface area contributed by atoms with Crippen molar-refractivity contribution in [3.05, 3.63) is 267 Å². The minimum Gasteiger partial charge on any atom is -0.455 e. The van der Waals surface area contributed by atoms with E-state index >= 15 is 0 Å². The predicted octanol–water partition coefficient (Wildman–Crippen LogP) is 18.5. The molecule has 3 heteroatoms. The van der Waals surface area contributed by atoms with Crippen LogP contribution >= 0.6 is 0 Å². The van der Waals surface area contributed by atoms with Crippen LogP contribution in [0, 0.1) is 0 Å². The Bertz CT molecular complexity index is 3970. The van der Waals surface area contributed by atoms with Crippen molar-refractivity contribution in [2.75, 3.05) is 4.90 Å². The summed E-state index contributed by atoms with van der Waals surface area (Å²) in [4.78, 5) is 2.42. The van der Waals surface area contributed by atoms with Crippen molar-refractivity contribution in [2.45, 2.75) is 0 Å². The Kier molecular flexibility index (Phi) is 9.84. The molecule has 3 nitrogen and oxygen atoms in total. The molecule has 0 fully saturated rings. The monoisotopic (exact) mass is 880 g/mol. The van der Waals surface area contributed by atoms with Crippen molar-refractivity contribution in [3.63, 3.8) is 0 Å². The standard InChI is InChI=1S/C66H44N2O/c1-2-18-45(19-3-1)47-20-14-22-49(42-47)54-26-4-9-33-61(54)67(52-40-38-46(39-41-52)48-21-15-23-50(43-48)56-31-17-32-60-59-30-8-13-37-65(59)69-66(56)60)53-25-16-24-51(44-53)55-27-5-10-34-62(55)68-63-35-11-6-28-57(63)58-29-7-12-36-64(58)68/h1-44H. The molecule has 13 rings (SSSR count). The van der Waals surface area contributed by atoms with Crippen molar-refractivity contribution in [3.8, 4) is 61.3 Å². The molecule has 0 radical (unpaired) electrons. The van der Waals surface area contributed by atoms with Gasteiger partial charge in [0.2, 0.25) is 0 Å². The zero-order chi connectivity index (χ0) is 45.7. The summed E-state index contributed by atoms with van der Waals surface area (Å²) in [7, 11) is 0. The molecular formula is C66H44N2O. The quantitative estimate of drug-likeness (QED) is 0.144. The summed E-state index contributed by atoms with van der Waals surface area (Å²) in [6, 6.07) is 96.1. The summed E-state index contributed by atoms with van der Waals surface area (Å²) >= 11 is 0. The fourth-order valence-corrected chi connectivity index (χ4v) is 10.4. The highest BCUT2D eigenvalue weighted by molar-refractivity contribution is 6.11. The third kappa shape index (κ3) is 7.08. The van der Waals surface area contributed by atoms with Crippen LogP contribution in [0.1, 0.15) is 0 Å². The largest absolute Gasteiger partial charge is 0.455 e. The van der Waals surface area contributed by atoms with Gasteiger partial charge in [-0.3, -0.25) is 0 Å². The number of para-hydroxylation sites is 6. The van der Waals surface area contributed by atoms with E-state index in [4.69, 9.17) is 4.42 Å². The summed E-state index contributed by atoms with van der Waals surface area (Å²) in [5, 5.41) is 4.75. The van der Waals surface area contributed by atoms with E-state index in [9.17, 15) is 0 Å². The van der Waals surface area contributed by atoms with Crippen molar-refractivity contribution in [2.24, 2.45) is 0 Å². The third-order valence-electron chi connectivity index (χ3n) is 13.6. The summed E-state index contributed by atoms with van der Waals surface area (Å²) in [6.07, 6.45) is 0. The number of fused-ring (bicyclic) bond motifs is 6. The number of rotatable bonds is 9. The predicted molar refractivity (Wildman–Crippen MR) is 290 cm³/mol. The molecule has 2 heterocycles. The Morgan fingerprint density at radius 3 is 1.52 bits per heavy atom. The molecule has 0 aliphatic carbocycles. The normalized spacial score (nSPS) is 11.5. The van der Waals surface area contributed by atoms with E-state index in [1.165, 1.54) is 32.9 Å². The number of anilines is 3. The molecule has 0 aliphatic rings. The number of benzene rings is 11. The van der Waals surface area contributed by atoms with Gasteiger partial charge in [0.05, 0.1) is 22.4 Å². The second-order valence-corrected chi connectivity index (χ2v) is 17.6. The molecule has 0 spiro atoms. The molecule has 0 atom stereocenters. The second-order valence-electron chi connectivity index (χ2n) is 17.6. The molecule has 0 aliphatic heterocycles. The molecule has 0 saturated heterocycles. The van der Waals surface area contributed by atoms with E-state index in [-0.39, 0.29) is 0 Å². The van der Waals surface area contributed by atoms with Gasteiger partial charge >= 0.3 is 0 Å². The lowest BCUT2D eigenvalue weighted by atomic mass is 9.96. The third-order valence-corrected chi connectivity index (χ3v) is 13.6. The van der Waals surface area contributed by atoms with Crippen LogP contribution < -0.4 is 4.90 Å². The van der Waals surface area contributed by atoms with Gasteiger partial charge in [-0.2, -0.15) is 0 Å². The van der Waals surface area contributed by atoms with Crippen LogP contribution in [-0.4, -0.2) is 4.57 Å². The molecule has 69 heavy (non-hydrogen) atoms. The van der Waals surface area contributed by atoms with Gasteiger partial charge in [-0.1, -0.05) is 200 Å². The minimum absolute atomic E-state index is 0.902. The molecule has 13 aromatic rings. The summed E-state index contributed by atoms with van der Waals surface area (Å²) in [5.41, 5.74) is 20.0. The highest BCUT2D eigenvalue weighted by atomic mass is 16.3. The van der Waals surface area contributed by atoms with Gasteiger partial charge in [-0.25, -0.2) is 0 Å². The van der Waals surface area contributed by atoms with Gasteiger partial charge in [-0.15, -0.1) is 0 Å². The van der Waals surface area contributed by atoms with Crippen LogP contribution in [0.15, 0.2) is 271 Å². The van der Waals surface area contributed by atoms with Crippen molar-refractivity contribution < 1.29 is 4.42 Å². The molecule has 0 unspecified atom stereocenters. The van der Waals surface area contributed by atoms with Gasteiger partial charge in [0.25, 0.3) is 0 Å². The Morgan fingerprint density at radius 2 is 0.783 bits per heavy atom. The Morgan fingerprint density at radius 1 is 0.290 bits per heavy atom. The van der Waals surface area contributed by atoms with E-state index in [2.05, 4.69) is 264 Å². The summed E-state index contributed by atoms with van der Waals surface area (Å²) < 4.78 is 8.89. The maximum absolute atomic E-state index is 6.47. The van der Waals surface area contributed by atoms with E-state index in [0.29, 0.717) is 0 Å². The van der Waals surface area contributed by atoms with Crippen molar-refractivity contribution >= 4 is 60.8 Å². The Labute approximate surface area is 401 Å². The van der Waals surface area contributed by atoms with Crippen LogP contribution in [-0.2, 0) is 0 Å². The fourth-order valence-electron chi connectivity index (χ4n) is 10.4. The van der Waals surface area contributed by atoms with Gasteiger partial charge in [0.15, 0.2) is 0 Å². The maximum atomic E-state index is 6.47. The number of furan rings is 1. The van der Waals surface area contributed by atoms with E-state index < -0.39 is 0 Å². The molecule has 324 valence electrons. The summed E-state index contributed by atoms with van der Waals surface area (Å²) in [5.74, 6) is 0. The first-order chi connectivity index (χ1) is 34.2. The second kappa shape index (κ2) is 16.9. The highest BCUT2D eigenvalue weighted by Crippen LogP contribution is 2.45. The van der Waals surface area contributed by atoms with Crippen LogP contribution in [0.2, 0.25) is 0 Å². The SMILES string of the molecule is c1ccc(-c2cccc(-c3ccccc3N(c3ccc(-c4cccc(-c5cccc6c5oc5ccccc56)c4)cc3)c3cccc(-c4ccccc4-n4c5ccccc5c5ccccc54)c3)c2)cc1. The summed E-state index contributed by atoms with van der Waals surface area (Å²) in [6.45, 7) is 0. The van der Waals surface area contributed by atoms with E-state index in [0.717, 1.165) is 89.2 Å². The zero-order valence-electron chi connectivity index (χ0n) is 37.7. The molecule has 0 amide bonds. The molecule has 11 aromatic carbocycles. The average Bonchev–Trinajstić information content (AvgIpc) is 3.98. The van der Waals surface area contributed by atoms with Gasteiger partial charge < -0.3 is 13.9 Å². The van der Waals surface area contributed by atoms with Gasteiger partial charge in [0.1, 0.15) is 11.2 Å². The first-order valence-corrected chi connectivity index (χ1v) is 23.6. The van der Waals surface area contributed by atoms with Gasteiger partial charge in [-0.05, 0) is 106 Å². The Balaban J connectivity index is 0.944. The van der Waals surface area contributed by atoms with Crippen LogP contribution in [0.3, 0.4) is 0 Å². The van der Waals surface area contributed by atoms with Crippen LogP contribution in [0.25, 0.3) is 105 Å². The number of aromatic nitrogens is 1. The average molecular weight is 881 g/mol. The lowest BCUT2D eigenvalue weighted by Crippen LogP contribution is -2.11. The molecule has 2 aromatic heterocycles. The number of nitrogens with zero attached hydrogens (tertiary/aromatic N) is 2. The first kappa shape index (κ1) is 40.1. The maximum Gasteiger partial charge on any atom is 0.143 e. The fraction of sp³-hybridized carbons (Fsp3) is 0. The lowest BCUT2D eigenvalue weighted by Gasteiger charge is -2.29. The molecular weight excluding hydrogens is 837 g/mol. The minimum atomic E-state index is 0.902. The zero-order valence-corrected chi connectivity index (χ0v) is 37.7.